The molecule has 0 saturated carbocycles. The van der Waals surface area contributed by atoms with E-state index in [1.807, 2.05) is 11.4 Å². The van der Waals surface area contributed by atoms with Crippen molar-refractivity contribution in [3.63, 3.8) is 0 Å². The minimum Gasteiger partial charge on any atom is -0.388 e. The molecule has 1 heterocycles. The van der Waals surface area contributed by atoms with Gasteiger partial charge in [-0.05, 0) is 30.4 Å². The minimum absolute atomic E-state index is 0.240. The molecular weight excluding hydrogens is 168 g/mol. The van der Waals surface area contributed by atoms with Crippen LogP contribution in [0, 0.1) is 6.92 Å². The van der Waals surface area contributed by atoms with Crippen LogP contribution in [0.2, 0.25) is 0 Å². The molecule has 1 N–H and O–H groups in total. The van der Waals surface area contributed by atoms with Gasteiger partial charge in [-0.3, -0.25) is 0 Å². The molecule has 0 radical (unpaired) electrons. The second-order valence-corrected chi connectivity index (χ2v) is 4.21. The van der Waals surface area contributed by atoms with Gasteiger partial charge in [-0.2, -0.15) is 0 Å². The molecule has 12 heavy (non-hydrogen) atoms. The largest absolute Gasteiger partial charge is 0.388 e. The summed E-state index contributed by atoms with van der Waals surface area (Å²) in [6, 6.07) is 2.03. The maximum absolute atomic E-state index is 9.73. The van der Waals surface area contributed by atoms with Crippen LogP contribution in [0.4, 0.5) is 0 Å². The predicted octanol–water partition coefficient (Wildman–Crippen LogP) is 3.28. The standard InChI is InChI=1S/C10H16OS/c1-3-4-5-10(11)9-6-7-12-8(9)2/h6-7,10-11H,3-5H2,1-2H3. The molecule has 1 nitrogen and oxygen atoms in total. The van der Waals surface area contributed by atoms with E-state index in [1.165, 1.54) is 4.88 Å². The first-order valence-electron chi connectivity index (χ1n) is 4.47. The van der Waals surface area contributed by atoms with Crippen LogP contribution in [-0.4, -0.2) is 5.11 Å². The zero-order valence-electron chi connectivity index (χ0n) is 7.71. The lowest BCUT2D eigenvalue weighted by Gasteiger charge is -2.08. The van der Waals surface area contributed by atoms with Gasteiger partial charge in [0, 0.05) is 4.88 Å². The number of aliphatic hydroxyl groups excluding tert-OH is 1. The Hall–Kier alpha value is -0.340. The van der Waals surface area contributed by atoms with Gasteiger partial charge < -0.3 is 5.11 Å². The zero-order valence-corrected chi connectivity index (χ0v) is 8.53. The first-order chi connectivity index (χ1) is 5.75. The first kappa shape index (κ1) is 9.75. The molecule has 0 aliphatic rings. The number of thiophene rings is 1. The first-order valence-corrected chi connectivity index (χ1v) is 5.35. The molecule has 2 heteroatoms. The van der Waals surface area contributed by atoms with E-state index in [9.17, 15) is 5.11 Å². The van der Waals surface area contributed by atoms with Gasteiger partial charge in [0.1, 0.15) is 0 Å². The molecule has 1 aromatic rings. The van der Waals surface area contributed by atoms with Gasteiger partial charge in [-0.1, -0.05) is 19.8 Å². The molecule has 0 bridgehead atoms. The monoisotopic (exact) mass is 184 g/mol. The van der Waals surface area contributed by atoms with E-state index in [0.29, 0.717) is 0 Å². The fourth-order valence-corrected chi connectivity index (χ4v) is 2.05. The lowest BCUT2D eigenvalue weighted by molar-refractivity contribution is 0.164. The molecule has 1 unspecified atom stereocenters. The van der Waals surface area contributed by atoms with Crippen LogP contribution in [0.1, 0.15) is 42.7 Å². The smallest absolute Gasteiger partial charge is 0.0800 e. The summed E-state index contributed by atoms with van der Waals surface area (Å²) in [6.07, 6.45) is 2.92. The highest BCUT2D eigenvalue weighted by Gasteiger charge is 2.09. The van der Waals surface area contributed by atoms with E-state index in [1.54, 1.807) is 11.3 Å². The number of hydrogen-bond acceptors (Lipinski definition) is 2. The van der Waals surface area contributed by atoms with Gasteiger partial charge in [0.05, 0.1) is 6.10 Å². The highest BCUT2D eigenvalue weighted by atomic mass is 32.1. The molecule has 0 amide bonds. The van der Waals surface area contributed by atoms with Crippen LogP contribution in [0.5, 0.6) is 0 Å². The lowest BCUT2D eigenvalue weighted by Crippen LogP contribution is -1.96. The Morgan fingerprint density at radius 2 is 2.33 bits per heavy atom. The van der Waals surface area contributed by atoms with Crippen molar-refractivity contribution in [3.05, 3.63) is 21.9 Å². The number of unbranched alkanes of at least 4 members (excludes halogenated alkanes) is 1. The Morgan fingerprint density at radius 3 is 2.83 bits per heavy atom. The summed E-state index contributed by atoms with van der Waals surface area (Å²) in [5.41, 5.74) is 1.12. The van der Waals surface area contributed by atoms with E-state index < -0.39 is 0 Å². The molecule has 1 rings (SSSR count). The van der Waals surface area contributed by atoms with E-state index in [-0.39, 0.29) is 6.10 Å². The van der Waals surface area contributed by atoms with Crippen molar-refractivity contribution in [2.24, 2.45) is 0 Å². The minimum atomic E-state index is -0.240. The average Bonchev–Trinajstić information content (AvgIpc) is 2.47. The maximum atomic E-state index is 9.73. The van der Waals surface area contributed by atoms with Crippen LogP contribution in [0.25, 0.3) is 0 Å². The summed E-state index contributed by atoms with van der Waals surface area (Å²) in [5, 5.41) is 11.8. The third-order valence-corrected chi connectivity index (χ3v) is 2.95. The van der Waals surface area contributed by atoms with Crippen molar-refractivity contribution >= 4 is 11.3 Å². The molecule has 0 fully saturated rings. The van der Waals surface area contributed by atoms with Crippen molar-refractivity contribution in [2.75, 3.05) is 0 Å². The highest BCUT2D eigenvalue weighted by molar-refractivity contribution is 7.10. The fourth-order valence-electron chi connectivity index (χ4n) is 1.29. The normalized spacial score (nSPS) is 13.2. The van der Waals surface area contributed by atoms with Gasteiger partial charge in [0.15, 0.2) is 0 Å². The second kappa shape index (κ2) is 4.63. The molecule has 0 spiro atoms. The fraction of sp³-hybridized carbons (Fsp3) is 0.600. The zero-order chi connectivity index (χ0) is 8.97. The van der Waals surface area contributed by atoms with Crippen LogP contribution < -0.4 is 0 Å². The summed E-state index contributed by atoms with van der Waals surface area (Å²) in [7, 11) is 0. The van der Waals surface area contributed by atoms with Crippen LogP contribution in [-0.2, 0) is 0 Å². The van der Waals surface area contributed by atoms with E-state index in [4.69, 9.17) is 0 Å². The molecule has 1 aromatic heterocycles. The third kappa shape index (κ3) is 2.32. The summed E-state index contributed by atoms with van der Waals surface area (Å²) < 4.78 is 0. The Labute approximate surface area is 78.1 Å². The van der Waals surface area contributed by atoms with Crippen LogP contribution >= 0.6 is 11.3 Å². The lowest BCUT2D eigenvalue weighted by atomic mass is 10.1. The molecule has 0 aromatic carbocycles. The van der Waals surface area contributed by atoms with Crippen molar-refractivity contribution in [3.8, 4) is 0 Å². The van der Waals surface area contributed by atoms with Gasteiger partial charge in [0.25, 0.3) is 0 Å². The van der Waals surface area contributed by atoms with Crippen LogP contribution in [0.3, 0.4) is 0 Å². The van der Waals surface area contributed by atoms with Crippen LogP contribution in [0.15, 0.2) is 11.4 Å². The molecule has 0 aliphatic heterocycles. The molecule has 0 saturated heterocycles. The Balaban J connectivity index is 2.52. The van der Waals surface area contributed by atoms with Crippen molar-refractivity contribution in [1.82, 2.24) is 0 Å². The average molecular weight is 184 g/mol. The summed E-state index contributed by atoms with van der Waals surface area (Å²) in [4.78, 5) is 1.25. The summed E-state index contributed by atoms with van der Waals surface area (Å²) >= 11 is 1.71. The van der Waals surface area contributed by atoms with E-state index in [2.05, 4.69) is 13.8 Å². The van der Waals surface area contributed by atoms with Gasteiger partial charge >= 0.3 is 0 Å². The highest BCUT2D eigenvalue weighted by Crippen LogP contribution is 2.25. The van der Waals surface area contributed by atoms with E-state index >= 15 is 0 Å². The van der Waals surface area contributed by atoms with E-state index in [0.717, 1.165) is 24.8 Å². The predicted molar refractivity (Wildman–Crippen MR) is 53.5 cm³/mol. The molecular formula is C10H16OS. The number of rotatable bonds is 4. The number of aliphatic hydroxyl groups is 1. The quantitative estimate of drug-likeness (QED) is 0.761. The van der Waals surface area contributed by atoms with Crippen molar-refractivity contribution in [1.29, 1.82) is 0 Å². The Bertz CT molecular complexity index is 229. The third-order valence-electron chi connectivity index (χ3n) is 2.09. The van der Waals surface area contributed by atoms with Crippen molar-refractivity contribution in [2.45, 2.75) is 39.2 Å². The Kier molecular flexibility index (Phi) is 3.76. The number of hydrogen-bond donors (Lipinski definition) is 1. The summed E-state index contributed by atoms with van der Waals surface area (Å²) in [6.45, 7) is 4.21. The van der Waals surface area contributed by atoms with Gasteiger partial charge in [0.2, 0.25) is 0 Å². The maximum Gasteiger partial charge on any atom is 0.0800 e. The Morgan fingerprint density at radius 1 is 1.58 bits per heavy atom. The topological polar surface area (TPSA) is 20.2 Å². The second-order valence-electron chi connectivity index (χ2n) is 3.09. The SMILES string of the molecule is CCCCC(O)c1ccsc1C. The molecule has 1 atom stereocenters. The molecule has 0 aliphatic carbocycles. The van der Waals surface area contributed by atoms with Gasteiger partial charge in [-0.25, -0.2) is 0 Å². The summed E-state index contributed by atoms with van der Waals surface area (Å²) in [5.74, 6) is 0. The van der Waals surface area contributed by atoms with Gasteiger partial charge in [-0.15, -0.1) is 11.3 Å². The van der Waals surface area contributed by atoms with Crippen molar-refractivity contribution < 1.29 is 5.11 Å². The number of aryl methyl sites for hydroxylation is 1. The molecule has 68 valence electrons.